The first kappa shape index (κ1) is 19.0. The second-order valence-electron chi connectivity index (χ2n) is 8.33. The number of nitrogens with zero attached hydrogens (tertiary/aromatic N) is 2. The Morgan fingerprint density at radius 3 is 2.33 bits per heavy atom. The van der Waals surface area contributed by atoms with Crippen LogP contribution in [0.15, 0.2) is 0 Å². The number of aliphatic hydroxyl groups is 1. The van der Waals surface area contributed by atoms with Crippen LogP contribution in [-0.4, -0.2) is 57.9 Å². The van der Waals surface area contributed by atoms with E-state index < -0.39 is 11.3 Å². The molecule has 6 heteroatoms. The molecule has 138 valence electrons. The Kier molecular flexibility index (Phi) is 5.78. The molecule has 24 heavy (non-hydrogen) atoms. The number of carbonyl (C=O) groups excluding carboxylic acids is 2. The zero-order valence-corrected chi connectivity index (χ0v) is 15.5. The number of hydrogen-bond donors (Lipinski definition) is 1. The second kappa shape index (κ2) is 7.30. The van der Waals surface area contributed by atoms with E-state index in [1.165, 1.54) is 0 Å². The summed E-state index contributed by atoms with van der Waals surface area (Å²) >= 11 is 0. The lowest BCUT2D eigenvalue weighted by atomic mass is 9.91. The molecule has 0 bridgehead atoms. The maximum atomic E-state index is 12.5. The Labute approximate surface area is 145 Å². The molecular weight excluding hydrogens is 308 g/mol. The third-order valence-electron chi connectivity index (χ3n) is 4.89. The molecule has 0 radical (unpaired) electrons. The van der Waals surface area contributed by atoms with Gasteiger partial charge in [-0.15, -0.1) is 0 Å². The summed E-state index contributed by atoms with van der Waals surface area (Å²) in [6.07, 6.45) is 4.37. The van der Waals surface area contributed by atoms with Crippen molar-refractivity contribution in [2.75, 3.05) is 19.6 Å². The number of likely N-dealkylation sites (tertiary alicyclic amines) is 2. The molecule has 2 fully saturated rings. The molecule has 0 aromatic carbocycles. The highest BCUT2D eigenvalue weighted by Gasteiger charge is 2.36. The third-order valence-corrected chi connectivity index (χ3v) is 4.89. The summed E-state index contributed by atoms with van der Waals surface area (Å²) < 4.78 is 5.39. The van der Waals surface area contributed by atoms with Crippen molar-refractivity contribution in [3.05, 3.63) is 0 Å². The van der Waals surface area contributed by atoms with Crippen LogP contribution in [0.4, 0.5) is 4.79 Å². The van der Waals surface area contributed by atoms with E-state index in [4.69, 9.17) is 4.74 Å². The van der Waals surface area contributed by atoms with Crippen LogP contribution in [0.3, 0.4) is 0 Å². The molecule has 2 saturated heterocycles. The fraction of sp³-hybridized carbons (Fsp3) is 0.889. The summed E-state index contributed by atoms with van der Waals surface area (Å²) in [4.78, 5) is 28.0. The van der Waals surface area contributed by atoms with Crippen LogP contribution >= 0.6 is 0 Å². The van der Waals surface area contributed by atoms with Crippen molar-refractivity contribution < 1.29 is 19.4 Å². The van der Waals surface area contributed by atoms with Crippen molar-refractivity contribution in [2.24, 2.45) is 5.92 Å². The predicted molar refractivity (Wildman–Crippen MR) is 91.3 cm³/mol. The number of piperidine rings is 2. The van der Waals surface area contributed by atoms with Gasteiger partial charge in [-0.2, -0.15) is 0 Å². The van der Waals surface area contributed by atoms with E-state index in [1.54, 1.807) is 16.7 Å². The topological polar surface area (TPSA) is 70.1 Å². The molecule has 2 heterocycles. The van der Waals surface area contributed by atoms with Crippen molar-refractivity contribution in [3.8, 4) is 0 Å². The lowest BCUT2D eigenvalue weighted by molar-refractivity contribution is -0.164. The highest BCUT2D eigenvalue weighted by Crippen LogP contribution is 2.29. The van der Waals surface area contributed by atoms with Crippen molar-refractivity contribution in [2.45, 2.75) is 77.5 Å². The van der Waals surface area contributed by atoms with Gasteiger partial charge in [0, 0.05) is 26.1 Å². The zero-order valence-electron chi connectivity index (χ0n) is 15.5. The van der Waals surface area contributed by atoms with Crippen LogP contribution in [0.25, 0.3) is 0 Å². The Hall–Kier alpha value is -1.30. The van der Waals surface area contributed by atoms with Gasteiger partial charge in [-0.25, -0.2) is 4.79 Å². The zero-order chi connectivity index (χ0) is 18.0. The highest BCUT2D eigenvalue weighted by atomic mass is 16.6. The van der Waals surface area contributed by atoms with Crippen molar-refractivity contribution in [1.82, 2.24) is 9.80 Å². The van der Waals surface area contributed by atoms with Gasteiger partial charge in [0.1, 0.15) is 11.3 Å². The molecular formula is C18H32N2O4. The molecule has 0 aliphatic carbocycles. The first-order valence-electron chi connectivity index (χ1n) is 9.09. The maximum absolute atomic E-state index is 12.5. The molecule has 6 nitrogen and oxygen atoms in total. The number of ether oxygens (including phenoxy) is 1. The second-order valence-corrected chi connectivity index (χ2v) is 8.33. The Morgan fingerprint density at radius 2 is 1.79 bits per heavy atom. The summed E-state index contributed by atoms with van der Waals surface area (Å²) in [6.45, 7) is 9.22. The van der Waals surface area contributed by atoms with E-state index in [0.29, 0.717) is 32.5 Å². The number of carbonyl (C=O) groups is 2. The van der Waals surface area contributed by atoms with Crippen LogP contribution in [-0.2, 0) is 9.53 Å². The maximum Gasteiger partial charge on any atom is 0.410 e. The molecule has 0 aromatic heterocycles. The largest absolute Gasteiger partial charge is 0.444 e. The van der Waals surface area contributed by atoms with Gasteiger partial charge in [-0.3, -0.25) is 4.79 Å². The highest BCUT2D eigenvalue weighted by molar-refractivity contribution is 5.77. The normalized spacial score (nSPS) is 26.4. The van der Waals surface area contributed by atoms with Crippen molar-refractivity contribution in [3.63, 3.8) is 0 Å². The SMILES string of the molecule is CC(C)(C)OC(=O)N1CCC(CC(=O)N2CCCCC2(C)O)CC1. The number of hydrogen-bond acceptors (Lipinski definition) is 4. The Bertz CT molecular complexity index is 462. The van der Waals surface area contributed by atoms with Gasteiger partial charge in [-0.1, -0.05) is 0 Å². The molecule has 2 rings (SSSR count). The summed E-state index contributed by atoms with van der Waals surface area (Å²) in [5.74, 6) is 0.310. The molecule has 1 unspecified atom stereocenters. The Morgan fingerprint density at radius 1 is 1.17 bits per heavy atom. The lowest BCUT2D eigenvalue weighted by Gasteiger charge is -2.42. The lowest BCUT2D eigenvalue weighted by Crippen LogP contribution is -2.53. The van der Waals surface area contributed by atoms with Crippen LogP contribution in [0.2, 0.25) is 0 Å². The van der Waals surface area contributed by atoms with E-state index in [1.807, 2.05) is 20.8 Å². The molecule has 0 saturated carbocycles. The first-order valence-corrected chi connectivity index (χ1v) is 9.09. The molecule has 2 aliphatic rings. The predicted octanol–water partition coefficient (Wildman–Crippen LogP) is 2.74. The van der Waals surface area contributed by atoms with E-state index in [2.05, 4.69) is 0 Å². The van der Waals surface area contributed by atoms with Gasteiger partial charge in [0.05, 0.1) is 0 Å². The van der Waals surface area contributed by atoms with E-state index in [9.17, 15) is 14.7 Å². The fourth-order valence-corrected chi connectivity index (χ4v) is 3.50. The third kappa shape index (κ3) is 5.10. The van der Waals surface area contributed by atoms with Gasteiger partial charge in [-0.05, 0) is 65.7 Å². The minimum absolute atomic E-state index is 0.0374. The van der Waals surface area contributed by atoms with E-state index >= 15 is 0 Å². The summed E-state index contributed by atoms with van der Waals surface area (Å²) in [5, 5.41) is 10.4. The summed E-state index contributed by atoms with van der Waals surface area (Å²) in [5.41, 5.74) is -1.49. The minimum atomic E-state index is -1.01. The molecule has 0 spiro atoms. The van der Waals surface area contributed by atoms with Crippen LogP contribution < -0.4 is 0 Å². The van der Waals surface area contributed by atoms with Crippen molar-refractivity contribution >= 4 is 12.0 Å². The van der Waals surface area contributed by atoms with Gasteiger partial charge in [0.15, 0.2) is 0 Å². The van der Waals surface area contributed by atoms with Crippen LogP contribution in [0.5, 0.6) is 0 Å². The van der Waals surface area contributed by atoms with Crippen LogP contribution in [0, 0.1) is 5.92 Å². The summed E-state index contributed by atoms with van der Waals surface area (Å²) in [7, 11) is 0. The standard InChI is InChI=1S/C18H32N2O4/c1-17(2,3)24-16(22)19-11-7-14(8-12-19)13-15(21)20-10-6-5-9-18(20,4)23/h14,23H,5-13H2,1-4H3. The molecule has 1 atom stereocenters. The smallest absolute Gasteiger partial charge is 0.410 e. The Balaban J connectivity index is 1.80. The van der Waals surface area contributed by atoms with Crippen molar-refractivity contribution in [1.29, 1.82) is 0 Å². The monoisotopic (exact) mass is 340 g/mol. The molecule has 2 aliphatic heterocycles. The average Bonchev–Trinajstić information content (AvgIpc) is 2.45. The van der Waals surface area contributed by atoms with Gasteiger partial charge in [0.25, 0.3) is 0 Å². The minimum Gasteiger partial charge on any atom is -0.444 e. The van der Waals surface area contributed by atoms with E-state index in [-0.39, 0.29) is 17.9 Å². The van der Waals surface area contributed by atoms with Gasteiger partial charge in [0.2, 0.25) is 5.91 Å². The molecule has 1 N–H and O–H groups in total. The number of amides is 2. The first-order chi connectivity index (χ1) is 11.1. The average molecular weight is 340 g/mol. The number of rotatable bonds is 2. The van der Waals surface area contributed by atoms with E-state index in [0.717, 1.165) is 25.7 Å². The molecule has 0 aromatic rings. The van der Waals surface area contributed by atoms with Crippen LogP contribution in [0.1, 0.15) is 66.2 Å². The molecule has 2 amide bonds. The quantitative estimate of drug-likeness (QED) is 0.839. The fourth-order valence-electron chi connectivity index (χ4n) is 3.50. The van der Waals surface area contributed by atoms with Gasteiger partial charge < -0.3 is 19.6 Å². The summed E-state index contributed by atoms with van der Waals surface area (Å²) in [6, 6.07) is 0. The van der Waals surface area contributed by atoms with Gasteiger partial charge >= 0.3 is 6.09 Å².